The van der Waals surface area contributed by atoms with Crippen molar-refractivity contribution >= 4 is 12.1 Å². The molecule has 0 aliphatic carbocycles. The van der Waals surface area contributed by atoms with E-state index < -0.39 is 0 Å². The summed E-state index contributed by atoms with van der Waals surface area (Å²) in [6, 6.07) is 0. The van der Waals surface area contributed by atoms with Crippen molar-refractivity contribution in [3.05, 3.63) is 0 Å². The Kier molecular flexibility index (Phi) is 20.0. The highest BCUT2D eigenvalue weighted by atomic mass is 16.1. The zero-order chi connectivity index (χ0) is 24.0. The predicted octanol–water partition coefficient (Wildman–Crippen LogP) is 8.53. The minimum Gasteiger partial charge on any atom is -0.306 e. The number of hydrogen-bond acceptors (Lipinski definition) is 3. The molecule has 2 unspecified atom stereocenters. The molecule has 1 aliphatic heterocycles. The highest BCUT2D eigenvalue weighted by Gasteiger charge is 2.22. The topological polar surface area (TPSA) is 37.4 Å². The van der Waals surface area contributed by atoms with Gasteiger partial charge in [0, 0.05) is 18.8 Å². The van der Waals surface area contributed by atoms with Gasteiger partial charge in [0.2, 0.25) is 0 Å². The molecule has 0 aromatic heterocycles. The van der Waals surface area contributed by atoms with Crippen molar-refractivity contribution in [2.75, 3.05) is 20.1 Å². The first kappa shape index (κ1) is 30.3. The molecule has 1 aliphatic rings. The molecule has 1 fully saturated rings. The van der Waals surface area contributed by atoms with Crippen LogP contribution in [0.15, 0.2) is 0 Å². The number of carbonyl (C=O) groups excluding carboxylic acids is 2. The Balaban J connectivity index is 2.28. The Labute approximate surface area is 206 Å². The van der Waals surface area contributed by atoms with Crippen molar-refractivity contribution in [3.8, 4) is 0 Å². The van der Waals surface area contributed by atoms with E-state index in [1.165, 1.54) is 103 Å². The fourth-order valence-electron chi connectivity index (χ4n) is 5.48. The van der Waals surface area contributed by atoms with Gasteiger partial charge in [-0.25, -0.2) is 0 Å². The number of likely N-dealkylation sites (tertiary alicyclic amines) is 1. The molecule has 0 spiro atoms. The molecule has 0 amide bonds. The molecular formula is C30H57NO2. The van der Waals surface area contributed by atoms with Gasteiger partial charge in [0.1, 0.15) is 12.1 Å². The lowest BCUT2D eigenvalue weighted by Crippen LogP contribution is -2.20. The predicted molar refractivity (Wildman–Crippen MR) is 143 cm³/mol. The van der Waals surface area contributed by atoms with Gasteiger partial charge in [-0.3, -0.25) is 4.79 Å². The van der Waals surface area contributed by atoms with Gasteiger partial charge in [-0.1, -0.05) is 103 Å². The maximum Gasteiger partial charge on any atom is 0.136 e. The third kappa shape index (κ3) is 17.4. The average molecular weight is 464 g/mol. The zero-order valence-corrected chi connectivity index (χ0v) is 22.5. The van der Waals surface area contributed by atoms with Gasteiger partial charge in [0.25, 0.3) is 0 Å². The van der Waals surface area contributed by atoms with Crippen LogP contribution in [0.2, 0.25) is 0 Å². The van der Waals surface area contributed by atoms with E-state index in [2.05, 4.69) is 18.9 Å². The van der Waals surface area contributed by atoms with Crippen LogP contribution in [0.25, 0.3) is 0 Å². The summed E-state index contributed by atoms with van der Waals surface area (Å²) in [6.45, 7) is 4.53. The molecule has 0 radical (unpaired) electrons. The summed E-state index contributed by atoms with van der Waals surface area (Å²) in [6.07, 6.45) is 28.3. The Bertz CT molecular complexity index is 464. The normalized spacial score (nSPS) is 18.2. The van der Waals surface area contributed by atoms with Crippen molar-refractivity contribution in [2.24, 2.45) is 11.8 Å². The number of ketones is 1. The van der Waals surface area contributed by atoms with Crippen LogP contribution in [0.1, 0.15) is 148 Å². The summed E-state index contributed by atoms with van der Waals surface area (Å²) in [5.41, 5.74) is 0. The maximum atomic E-state index is 12.9. The third-order valence-corrected chi connectivity index (χ3v) is 7.86. The van der Waals surface area contributed by atoms with Crippen molar-refractivity contribution in [2.45, 2.75) is 148 Å². The van der Waals surface area contributed by atoms with Crippen LogP contribution in [0.3, 0.4) is 0 Å². The first-order valence-electron chi connectivity index (χ1n) is 14.8. The van der Waals surface area contributed by atoms with Crippen LogP contribution >= 0.6 is 0 Å². The third-order valence-electron chi connectivity index (χ3n) is 7.86. The minimum absolute atomic E-state index is 0.324. The standard InChI is InChI=1S/C30H57NO2/c1-3-4-5-6-7-9-12-15-19-28(20-16-13-10-8-11-14-17-27-32)22-23-30(33)29-21-18-25-31(2)26-24-29/h27-29H,3-26H2,1-2H3. The second kappa shape index (κ2) is 21.8. The molecule has 3 heteroatoms. The Morgan fingerprint density at radius 3 is 1.97 bits per heavy atom. The fraction of sp³-hybridized carbons (Fsp3) is 0.933. The van der Waals surface area contributed by atoms with Gasteiger partial charge in [-0.2, -0.15) is 0 Å². The largest absolute Gasteiger partial charge is 0.306 e. The maximum absolute atomic E-state index is 12.9. The monoisotopic (exact) mass is 463 g/mol. The number of Topliss-reactive ketones (excluding diaryl/α,β-unsaturated/α-hetero) is 1. The van der Waals surface area contributed by atoms with Gasteiger partial charge in [-0.15, -0.1) is 0 Å². The van der Waals surface area contributed by atoms with Gasteiger partial charge >= 0.3 is 0 Å². The number of carbonyl (C=O) groups is 2. The first-order valence-corrected chi connectivity index (χ1v) is 14.8. The Hall–Kier alpha value is -0.700. The van der Waals surface area contributed by atoms with Crippen LogP contribution < -0.4 is 0 Å². The summed E-state index contributed by atoms with van der Waals surface area (Å²) >= 11 is 0. The lowest BCUT2D eigenvalue weighted by molar-refractivity contribution is -0.123. The van der Waals surface area contributed by atoms with E-state index in [-0.39, 0.29) is 0 Å². The highest BCUT2D eigenvalue weighted by Crippen LogP contribution is 2.26. The molecule has 2 atom stereocenters. The molecule has 33 heavy (non-hydrogen) atoms. The second-order valence-electron chi connectivity index (χ2n) is 10.9. The van der Waals surface area contributed by atoms with Gasteiger partial charge in [-0.05, 0) is 58.2 Å². The number of nitrogens with zero attached hydrogens (tertiary/aromatic N) is 1. The lowest BCUT2D eigenvalue weighted by Gasteiger charge is -2.19. The van der Waals surface area contributed by atoms with E-state index in [0.717, 1.165) is 63.8 Å². The van der Waals surface area contributed by atoms with Gasteiger partial charge in [0.05, 0.1) is 0 Å². The van der Waals surface area contributed by atoms with Crippen molar-refractivity contribution in [1.82, 2.24) is 4.90 Å². The van der Waals surface area contributed by atoms with E-state index in [4.69, 9.17) is 0 Å². The number of rotatable bonds is 22. The summed E-state index contributed by atoms with van der Waals surface area (Å²) in [7, 11) is 2.19. The SMILES string of the molecule is CCCCCCCCCCC(CCCCCCCCC=O)CCC(=O)C1CCCN(C)CC1. The zero-order valence-electron chi connectivity index (χ0n) is 22.5. The van der Waals surface area contributed by atoms with Crippen LogP contribution in [0, 0.1) is 11.8 Å². The number of unbranched alkanes of at least 4 members (excludes halogenated alkanes) is 13. The minimum atomic E-state index is 0.324. The van der Waals surface area contributed by atoms with Crippen molar-refractivity contribution in [1.29, 1.82) is 0 Å². The van der Waals surface area contributed by atoms with Crippen molar-refractivity contribution < 1.29 is 9.59 Å². The number of hydrogen-bond donors (Lipinski definition) is 0. The van der Waals surface area contributed by atoms with Crippen LogP contribution in [0.4, 0.5) is 0 Å². The molecule has 0 aromatic carbocycles. The van der Waals surface area contributed by atoms with Gasteiger partial charge in [0.15, 0.2) is 0 Å². The summed E-state index contributed by atoms with van der Waals surface area (Å²) in [4.78, 5) is 25.7. The Morgan fingerprint density at radius 2 is 1.36 bits per heavy atom. The molecule has 3 nitrogen and oxygen atoms in total. The molecule has 0 aromatic rings. The van der Waals surface area contributed by atoms with E-state index >= 15 is 0 Å². The summed E-state index contributed by atoms with van der Waals surface area (Å²) in [5.74, 6) is 1.63. The molecule has 1 saturated heterocycles. The molecule has 0 saturated carbocycles. The molecule has 1 rings (SSSR count). The second-order valence-corrected chi connectivity index (χ2v) is 10.9. The van der Waals surface area contributed by atoms with Crippen LogP contribution in [-0.2, 0) is 9.59 Å². The van der Waals surface area contributed by atoms with E-state index in [1.807, 2.05) is 0 Å². The summed E-state index contributed by atoms with van der Waals surface area (Å²) < 4.78 is 0. The van der Waals surface area contributed by atoms with Crippen LogP contribution in [0.5, 0.6) is 0 Å². The molecule has 0 N–H and O–H groups in total. The molecule has 0 bridgehead atoms. The molecule has 194 valence electrons. The van der Waals surface area contributed by atoms with Crippen LogP contribution in [-0.4, -0.2) is 37.1 Å². The van der Waals surface area contributed by atoms with Crippen molar-refractivity contribution in [3.63, 3.8) is 0 Å². The van der Waals surface area contributed by atoms with E-state index in [0.29, 0.717) is 11.7 Å². The lowest BCUT2D eigenvalue weighted by atomic mass is 9.86. The summed E-state index contributed by atoms with van der Waals surface area (Å²) in [5, 5.41) is 0. The van der Waals surface area contributed by atoms with E-state index in [9.17, 15) is 9.59 Å². The molecular weight excluding hydrogens is 406 g/mol. The quantitative estimate of drug-likeness (QED) is 0.119. The molecule has 1 heterocycles. The Morgan fingerprint density at radius 1 is 0.788 bits per heavy atom. The fourth-order valence-corrected chi connectivity index (χ4v) is 5.48. The smallest absolute Gasteiger partial charge is 0.136 e. The first-order chi connectivity index (χ1) is 16.2. The highest BCUT2D eigenvalue weighted by molar-refractivity contribution is 5.81. The number of aldehydes is 1. The van der Waals surface area contributed by atoms with Gasteiger partial charge < -0.3 is 9.69 Å². The van der Waals surface area contributed by atoms with E-state index in [1.54, 1.807) is 0 Å². The average Bonchev–Trinajstić information content (AvgIpc) is 3.04.